The molecule has 1 aromatic rings. The van der Waals surface area contributed by atoms with E-state index in [2.05, 4.69) is 5.32 Å². The lowest BCUT2D eigenvalue weighted by Crippen LogP contribution is -2.52. The van der Waals surface area contributed by atoms with Crippen molar-refractivity contribution in [1.82, 2.24) is 10.2 Å². The number of benzene rings is 1. The molecule has 1 aromatic carbocycles. The summed E-state index contributed by atoms with van der Waals surface area (Å²) >= 11 is 0. The van der Waals surface area contributed by atoms with Gasteiger partial charge in [-0.15, -0.1) is 0 Å². The molecule has 1 aliphatic carbocycles. The number of carbonyl (C=O) groups is 2. The topological polar surface area (TPSA) is 78.9 Å². The van der Waals surface area contributed by atoms with E-state index in [4.69, 9.17) is 9.84 Å². The fourth-order valence-electron chi connectivity index (χ4n) is 3.73. The van der Waals surface area contributed by atoms with Crippen LogP contribution in [0.15, 0.2) is 24.3 Å². The zero-order valence-corrected chi connectivity index (χ0v) is 14.9. The molecule has 3 rings (SSSR count). The van der Waals surface area contributed by atoms with Gasteiger partial charge >= 0.3 is 12.0 Å². The van der Waals surface area contributed by atoms with Gasteiger partial charge in [-0.3, -0.25) is 4.79 Å². The Hall–Kier alpha value is -2.15. The van der Waals surface area contributed by atoms with Crippen LogP contribution >= 0.6 is 0 Å². The number of hydrogen-bond donors (Lipinski definition) is 2. The Balaban J connectivity index is 1.57. The Morgan fingerprint density at radius 3 is 2.42 bits per heavy atom. The number of hydrogen-bond acceptors (Lipinski definition) is 3. The van der Waals surface area contributed by atoms with Crippen molar-refractivity contribution in [2.24, 2.45) is 5.92 Å². The molecule has 7 heteroatoms. The molecule has 1 heterocycles. The summed E-state index contributed by atoms with van der Waals surface area (Å²) in [5, 5.41) is 12.1. The highest BCUT2D eigenvalue weighted by atomic mass is 19.1. The van der Waals surface area contributed by atoms with Crippen LogP contribution in [-0.2, 0) is 9.53 Å². The number of carboxylic acids is 1. The number of aliphatic carboxylic acids is 1. The molecule has 1 aliphatic heterocycles. The summed E-state index contributed by atoms with van der Waals surface area (Å²) in [6.45, 7) is 2.81. The maximum atomic E-state index is 13.1. The number of rotatable bonds is 3. The second-order valence-corrected chi connectivity index (χ2v) is 7.23. The van der Waals surface area contributed by atoms with Gasteiger partial charge in [0.15, 0.2) is 0 Å². The molecule has 2 fully saturated rings. The summed E-state index contributed by atoms with van der Waals surface area (Å²) in [6.07, 6.45) is 2.16. The SMILES string of the molecule is CC1CN(C(=O)NC2CCC(C(=O)O)CC2)CC(c2ccc(F)cc2)O1. The Bertz CT molecular complexity index is 643. The number of nitrogens with zero attached hydrogens (tertiary/aromatic N) is 1. The van der Waals surface area contributed by atoms with E-state index in [0.29, 0.717) is 38.8 Å². The monoisotopic (exact) mass is 364 g/mol. The predicted octanol–water partition coefficient (Wildman–Crippen LogP) is 2.94. The van der Waals surface area contributed by atoms with Crippen molar-refractivity contribution in [2.75, 3.05) is 13.1 Å². The minimum absolute atomic E-state index is 0.0144. The van der Waals surface area contributed by atoms with E-state index in [-0.39, 0.29) is 36.0 Å². The van der Waals surface area contributed by atoms with Gasteiger partial charge in [-0.25, -0.2) is 9.18 Å². The molecule has 0 bridgehead atoms. The second-order valence-electron chi connectivity index (χ2n) is 7.23. The standard InChI is InChI=1S/C19H25FN2O4/c1-12-10-22(11-17(26-12)13-2-6-15(20)7-3-13)19(25)21-16-8-4-14(5-9-16)18(23)24/h2-3,6-7,12,14,16-17H,4-5,8-11H2,1H3,(H,21,25)(H,23,24). The summed E-state index contributed by atoms with van der Waals surface area (Å²) in [4.78, 5) is 25.4. The molecular weight excluding hydrogens is 339 g/mol. The smallest absolute Gasteiger partial charge is 0.317 e. The van der Waals surface area contributed by atoms with Crippen molar-refractivity contribution in [2.45, 2.75) is 50.9 Å². The molecule has 6 nitrogen and oxygen atoms in total. The molecule has 2 unspecified atom stereocenters. The quantitative estimate of drug-likeness (QED) is 0.864. The minimum atomic E-state index is -0.751. The van der Waals surface area contributed by atoms with Crippen LogP contribution < -0.4 is 5.32 Å². The lowest BCUT2D eigenvalue weighted by atomic mass is 9.86. The Morgan fingerprint density at radius 1 is 1.15 bits per heavy atom. The van der Waals surface area contributed by atoms with Crippen LogP contribution in [0.2, 0.25) is 0 Å². The molecule has 1 saturated heterocycles. The number of carboxylic acid groups (broad SMARTS) is 1. The van der Waals surface area contributed by atoms with Gasteiger partial charge in [-0.1, -0.05) is 12.1 Å². The molecule has 1 saturated carbocycles. The second kappa shape index (κ2) is 8.03. The summed E-state index contributed by atoms with van der Waals surface area (Å²) in [7, 11) is 0. The molecule has 2 aliphatic rings. The third kappa shape index (κ3) is 4.52. The van der Waals surface area contributed by atoms with Crippen LogP contribution in [0, 0.1) is 11.7 Å². The van der Waals surface area contributed by atoms with Crippen molar-refractivity contribution >= 4 is 12.0 Å². The number of nitrogens with one attached hydrogen (secondary N) is 1. The van der Waals surface area contributed by atoms with E-state index in [9.17, 15) is 14.0 Å². The van der Waals surface area contributed by atoms with Crippen molar-refractivity contribution in [3.8, 4) is 0 Å². The fraction of sp³-hybridized carbons (Fsp3) is 0.579. The molecule has 2 atom stereocenters. The van der Waals surface area contributed by atoms with Gasteiger partial charge in [0.25, 0.3) is 0 Å². The van der Waals surface area contributed by atoms with Crippen LogP contribution in [0.5, 0.6) is 0 Å². The van der Waals surface area contributed by atoms with Crippen LogP contribution in [0.25, 0.3) is 0 Å². The highest BCUT2D eigenvalue weighted by molar-refractivity contribution is 5.75. The van der Waals surface area contributed by atoms with Gasteiger partial charge in [0.1, 0.15) is 11.9 Å². The first-order valence-corrected chi connectivity index (χ1v) is 9.11. The third-order valence-corrected chi connectivity index (χ3v) is 5.19. The van der Waals surface area contributed by atoms with E-state index in [1.807, 2.05) is 6.92 Å². The molecule has 0 radical (unpaired) electrons. The van der Waals surface area contributed by atoms with Crippen molar-refractivity contribution in [3.63, 3.8) is 0 Å². The molecule has 0 spiro atoms. The zero-order chi connectivity index (χ0) is 18.7. The first kappa shape index (κ1) is 18.6. The van der Waals surface area contributed by atoms with Crippen molar-refractivity contribution in [3.05, 3.63) is 35.6 Å². The largest absolute Gasteiger partial charge is 0.481 e. The predicted molar refractivity (Wildman–Crippen MR) is 93.2 cm³/mol. The van der Waals surface area contributed by atoms with E-state index in [1.165, 1.54) is 12.1 Å². The van der Waals surface area contributed by atoms with Gasteiger partial charge in [0.2, 0.25) is 0 Å². The fourth-order valence-corrected chi connectivity index (χ4v) is 3.73. The van der Waals surface area contributed by atoms with E-state index in [1.54, 1.807) is 17.0 Å². The lowest BCUT2D eigenvalue weighted by molar-refractivity contribution is -0.142. The number of ether oxygens (including phenoxy) is 1. The average Bonchev–Trinajstić information content (AvgIpc) is 2.62. The van der Waals surface area contributed by atoms with Crippen LogP contribution in [0.3, 0.4) is 0 Å². The first-order chi connectivity index (χ1) is 12.4. The number of amides is 2. The maximum Gasteiger partial charge on any atom is 0.317 e. The Morgan fingerprint density at radius 2 is 1.81 bits per heavy atom. The summed E-state index contributed by atoms with van der Waals surface area (Å²) in [6, 6.07) is 6.02. The highest BCUT2D eigenvalue weighted by Crippen LogP contribution is 2.27. The normalized spacial score (nSPS) is 29.2. The number of carbonyl (C=O) groups excluding carboxylic acids is 1. The average molecular weight is 364 g/mol. The molecule has 2 N–H and O–H groups in total. The third-order valence-electron chi connectivity index (χ3n) is 5.19. The van der Waals surface area contributed by atoms with Gasteiger partial charge in [0, 0.05) is 12.6 Å². The Labute approximate surface area is 152 Å². The van der Waals surface area contributed by atoms with Gasteiger partial charge in [-0.05, 0) is 50.3 Å². The molecule has 142 valence electrons. The first-order valence-electron chi connectivity index (χ1n) is 9.11. The minimum Gasteiger partial charge on any atom is -0.481 e. The van der Waals surface area contributed by atoms with E-state index in [0.717, 1.165) is 5.56 Å². The van der Waals surface area contributed by atoms with Crippen molar-refractivity contribution in [1.29, 1.82) is 0 Å². The lowest BCUT2D eigenvalue weighted by Gasteiger charge is -2.38. The molecule has 0 aromatic heterocycles. The summed E-state index contributed by atoms with van der Waals surface area (Å²) in [5.41, 5.74) is 0.845. The van der Waals surface area contributed by atoms with Crippen LogP contribution in [0.1, 0.15) is 44.3 Å². The molecule has 2 amide bonds. The van der Waals surface area contributed by atoms with Crippen LogP contribution in [-0.4, -0.2) is 47.2 Å². The number of morpholine rings is 1. The number of halogens is 1. The van der Waals surface area contributed by atoms with E-state index < -0.39 is 5.97 Å². The van der Waals surface area contributed by atoms with E-state index >= 15 is 0 Å². The van der Waals surface area contributed by atoms with Crippen LogP contribution in [0.4, 0.5) is 9.18 Å². The summed E-state index contributed by atoms with van der Waals surface area (Å²) in [5.74, 6) is -1.35. The van der Waals surface area contributed by atoms with Gasteiger partial charge < -0.3 is 20.1 Å². The van der Waals surface area contributed by atoms with Gasteiger partial charge in [0.05, 0.1) is 18.6 Å². The highest BCUT2D eigenvalue weighted by Gasteiger charge is 2.32. The Kier molecular flexibility index (Phi) is 5.76. The molecular formula is C19H25FN2O4. The molecule has 26 heavy (non-hydrogen) atoms. The maximum absolute atomic E-state index is 13.1. The summed E-state index contributed by atoms with van der Waals surface area (Å²) < 4.78 is 19.0. The number of urea groups is 1. The zero-order valence-electron chi connectivity index (χ0n) is 14.9. The van der Waals surface area contributed by atoms with Crippen molar-refractivity contribution < 1.29 is 23.8 Å². The van der Waals surface area contributed by atoms with Gasteiger partial charge in [-0.2, -0.15) is 0 Å².